The van der Waals surface area contributed by atoms with Crippen LogP contribution >= 0.6 is 0 Å². The van der Waals surface area contributed by atoms with Gasteiger partial charge in [0.05, 0.1) is 6.04 Å². The maximum absolute atomic E-state index is 12.6. The summed E-state index contributed by atoms with van der Waals surface area (Å²) < 4.78 is 0. The largest absolute Gasteiger partial charge is 0.361 e. The average Bonchev–Trinajstić information content (AvgIpc) is 3.08. The molecule has 0 spiro atoms. The minimum Gasteiger partial charge on any atom is -0.361 e. The fraction of sp³-hybridized carbons (Fsp3) is 0.500. The number of carbonyl (C=O) groups excluding carboxylic acids is 1. The standard InChI is InChI=1S/C22H30N4O/c1-4-10-26-14-16(24-22(27)25(5-2)6-3)12-18-17-8-7-9-19-21(17)15(13-23-19)11-20(18)26/h7-9,12-13,16,20,23H,4-6,10-11,14H2,1-3H3,(H,24,27)/t16-,20+/m0/s1. The van der Waals surface area contributed by atoms with Gasteiger partial charge >= 0.3 is 6.03 Å². The van der Waals surface area contributed by atoms with Crippen molar-refractivity contribution in [2.75, 3.05) is 26.2 Å². The van der Waals surface area contributed by atoms with Crippen LogP contribution in [0.2, 0.25) is 0 Å². The van der Waals surface area contributed by atoms with Gasteiger partial charge in [0.15, 0.2) is 0 Å². The fourth-order valence-corrected chi connectivity index (χ4v) is 4.71. The van der Waals surface area contributed by atoms with Crippen molar-refractivity contribution in [3.05, 3.63) is 41.6 Å². The third kappa shape index (κ3) is 3.14. The van der Waals surface area contributed by atoms with Crippen molar-refractivity contribution in [3.63, 3.8) is 0 Å². The minimum absolute atomic E-state index is 0.0353. The van der Waals surface area contributed by atoms with Crippen molar-refractivity contribution in [2.24, 2.45) is 0 Å². The van der Waals surface area contributed by atoms with Crippen molar-refractivity contribution >= 4 is 22.5 Å². The molecule has 1 aromatic heterocycles. The second kappa shape index (κ2) is 7.39. The first kappa shape index (κ1) is 18.1. The number of rotatable bonds is 5. The lowest BCUT2D eigenvalue weighted by Gasteiger charge is -2.42. The van der Waals surface area contributed by atoms with E-state index in [1.165, 1.54) is 27.6 Å². The van der Waals surface area contributed by atoms with E-state index >= 15 is 0 Å². The summed E-state index contributed by atoms with van der Waals surface area (Å²) in [4.78, 5) is 20.4. The molecule has 2 amide bonds. The van der Waals surface area contributed by atoms with Gasteiger partial charge in [-0.3, -0.25) is 4.90 Å². The van der Waals surface area contributed by atoms with Gasteiger partial charge < -0.3 is 15.2 Å². The monoisotopic (exact) mass is 366 g/mol. The molecule has 0 bridgehead atoms. The van der Waals surface area contributed by atoms with E-state index < -0.39 is 0 Å². The van der Waals surface area contributed by atoms with Gasteiger partial charge in [0.25, 0.3) is 0 Å². The molecule has 0 saturated heterocycles. The van der Waals surface area contributed by atoms with Crippen LogP contribution < -0.4 is 5.32 Å². The van der Waals surface area contributed by atoms with Crippen LogP contribution in [0.15, 0.2) is 30.5 Å². The Labute approximate surface area is 161 Å². The highest BCUT2D eigenvalue weighted by Crippen LogP contribution is 2.40. The van der Waals surface area contributed by atoms with E-state index in [0.29, 0.717) is 6.04 Å². The predicted octanol–water partition coefficient (Wildman–Crippen LogP) is 3.62. The summed E-state index contributed by atoms with van der Waals surface area (Å²) in [7, 11) is 0. The number of nitrogens with one attached hydrogen (secondary N) is 2. The number of carbonyl (C=O) groups is 1. The molecule has 0 unspecified atom stereocenters. The van der Waals surface area contributed by atoms with E-state index in [2.05, 4.69) is 52.6 Å². The molecule has 1 aliphatic heterocycles. The van der Waals surface area contributed by atoms with Crippen molar-refractivity contribution in [2.45, 2.75) is 45.7 Å². The Morgan fingerprint density at radius 3 is 2.85 bits per heavy atom. The van der Waals surface area contributed by atoms with Gasteiger partial charge in [-0.25, -0.2) is 4.79 Å². The molecule has 144 valence electrons. The number of fused-ring (bicyclic) bond motifs is 2. The van der Waals surface area contributed by atoms with Crippen molar-refractivity contribution in [1.29, 1.82) is 0 Å². The highest BCUT2D eigenvalue weighted by Gasteiger charge is 2.35. The molecule has 0 saturated carbocycles. The summed E-state index contributed by atoms with van der Waals surface area (Å²) in [5.41, 5.74) is 5.31. The third-order valence-electron chi connectivity index (χ3n) is 5.99. The van der Waals surface area contributed by atoms with Gasteiger partial charge in [0, 0.05) is 42.8 Å². The maximum atomic E-state index is 12.6. The summed E-state index contributed by atoms with van der Waals surface area (Å²) in [5, 5.41) is 4.61. The SMILES string of the molecule is CCCN1C[C@@H](NC(=O)N(CC)CC)C=C2c3cccc4[nH]cc(c34)C[C@H]21. The highest BCUT2D eigenvalue weighted by molar-refractivity contribution is 5.98. The number of benzene rings is 1. The summed E-state index contributed by atoms with van der Waals surface area (Å²) in [6, 6.07) is 7.00. The highest BCUT2D eigenvalue weighted by atomic mass is 16.2. The molecule has 1 aliphatic carbocycles. The van der Waals surface area contributed by atoms with Crippen molar-refractivity contribution < 1.29 is 4.79 Å². The summed E-state index contributed by atoms with van der Waals surface area (Å²) in [6.07, 6.45) is 6.64. The van der Waals surface area contributed by atoms with Crippen LogP contribution in [-0.2, 0) is 6.42 Å². The summed E-state index contributed by atoms with van der Waals surface area (Å²) >= 11 is 0. The second-order valence-corrected chi connectivity index (χ2v) is 7.61. The lowest BCUT2D eigenvalue weighted by molar-refractivity contribution is 0.183. The molecule has 4 rings (SSSR count). The molecule has 0 radical (unpaired) electrons. The molecule has 5 nitrogen and oxygen atoms in total. The molecule has 2 heterocycles. The zero-order chi connectivity index (χ0) is 19.0. The number of amides is 2. The Bertz CT molecular complexity index is 864. The van der Waals surface area contributed by atoms with Crippen LogP contribution in [0.3, 0.4) is 0 Å². The molecule has 2 N–H and O–H groups in total. The fourth-order valence-electron chi connectivity index (χ4n) is 4.71. The molecule has 5 heteroatoms. The second-order valence-electron chi connectivity index (χ2n) is 7.61. The van der Waals surface area contributed by atoms with Gasteiger partial charge in [0.1, 0.15) is 0 Å². The lowest BCUT2D eigenvalue weighted by Crippen LogP contribution is -2.54. The van der Waals surface area contributed by atoms with E-state index in [0.717, 1.165) is 39.0 Å². The Morgan fingerprint density at radius 1 is 1.30 bits per heavy atom. The van der Waals surface area contributed by atoms with Crippen LogP contribution in [0.5, 0.6) is 0 Å². The number of nitrogens with zero attached hydrogens (tertiary/aromatic N) is 2. The molecule has 1 aromatic carbocycles. The Hall–Kier alpha value is -2.27. The molecule has 27 heavy (non-hydrogen) atoms. The number of urea groups is 1. The molecular weight excluding hydrogens is 336 g/mol. The van der Waals surface area contributed by atoms with Crippen LogP contribution in [-0.4, -0.2) is 59.1 Å². The van der Waals surface area contributed by atoms with Gasteiger partial charge in [-0.05, 0) is 56.0 Å². The quantitative estimate of drug-likeness (QED) is 0.849. The summed E-state index contributed by atoms with van der Waals surface area (Å²) in [6.45, 7) is 9.68. The number of hydrogen-bond donors (Lipinski definition) is 2. The molecule has 2 atom stereocenters. The summed E-state index contributed by atoms with van der Waals surface area (Å²) in [5.74, 6) is 0. The maximum Gasteiger partial charge on any atom is 0.317 e. The van der Waals surface area contributed by atoms with Crippen LogP contribution in [0.4, 0.5) is 4.79 Å². The molecule has 2 aromatic rings. The minimum atomic E-state index is 0.0353. The van der Waals surface area contributed by atoms with Crippen molar-refractivity contribution in [1.82, 2.24) is 20.1 Å². The normalized spacial score (nSPS) is 21.7. The van der Waals surface area contributed by atoms with E-state index in [-0.39, 0.29) is 12.1 Å². The van der Waals surface area contributed by atoms with Crippen LogP contribution in [0.25, 0.3) is 16.5 Å². The zero-order valence-electron chi connectivity index (χ0n) is 16.6. The Morgan fingerprint density at radius 2 is 2.11 bits per heavy atom. The first-order chi connectivity index (χ1) is 13.2. The van der Waals surface area contributed by atoms with Gasteiger partial charge in [-0.15, -0.1) is 0 Å². The van der Waals surface area contributed by atoms with E-state index in [1.54, 1.807) is 0 Å². The van der Waals surface area contributed by atoms with Crippen LogP contribution in [0, 0.1) is 0 Å². The van der Waals surface area contributed by atoms with E-state index in [9.17, 15) is 4.79 Å². The zero-order valence-corrected chi connectivity index (χ0v) is 16.6. The first-order valence-electron chi connectivity index (χ1n) is 10.3. The Kier molecular flexibility index (Phi) is 4.96. The smallest absolute Gasteiger partial charge is 0.317 e. The van der Waals surface area contributed by atoms with Gasteiger partial charge in [-0.2, -0.15) is 0 Å². The topological polar surface area (TPSA) is 51.4 Å². The van der Waals surface area contributed by atoms with E-state index in [4.69, 9.17) is 0 Å². The Balaban J connectivity index is 1.70. The number of aromatic amines is 1. The predicted molar refractivity (Wildman–Crippen MR) is 111 cm³/mol. The molecule has 2 aliphatic rings. The lowest BCUT2D eigenvalue weighted by atomic mass is 9.81. The van der Waals surface area contributed by atoms with Gasteiger partial charge in [0.2, 0.25) is 0 Å². The van der Waals surface area contributed by atoms with E-state index in [1.807, 2.05) is 18.7 Å². The number of hydrogen-bond acceptors (Lipinski definition) is 2. The number of H-pyrrole nitrogens is 1. The van der Waals surface area contributed by atoms with Crippen molar-refractivity contribution in [3.8, 4) is 0 Å². The van der Waals surface area contributed by atoms with Crippen LogP contribution in [0.1, 0.15) is 38.3 Å². The first-order valence-corrected chi connectivity index (χ1v) is 10.3. The van der Waals surface area contributed by atoms with Gasteiger partial charge in [-0.1, -0.05) is 25.1 Å². The molecule has 0 fully saturated rings. The average molecular weight is 367 g/mol. The molecular formula is C22H30N4O. The number of aromatic nitrogens is 1. The third-order valence-corrected chi connectivity index (χ3v) is 5.99.